The molecule has 0 N–H and O–H groups in total. The predicted octanol–water partition coefficient (Wildman–Crippen LogP) is 3.18. The number of aromatic nitrogens is 1. The van der Waals surface area contributed by atoms with Crippen LogP contribution in [-0.4, -0.2) is 16.6 Å². The maximum Gasteiger partial charge on any atom is 0.166 e. The summed E-state index contributed by atoms with van der Waals surface area (Å²) in [6, 6.07) is 9.37. The lowest BCUT2D eigenvalue weighted by molar-refractivity contribution is -0.121. The summed E-state index contributed by atoms with van der Waals surface area (Å²) in [5, 5.41) is 0.968. The molecule has 3 nitrogen and oxygen atoms in total. The van der Waals surface area contributed by atoms with E-state index in [0.717, 1.165) is 23.7 Å². The quantitative estimate of drug-likeness (QED) is 0.772. The van der Waals surface area contributed by atoms with E-state index in [4.69, 9.17) is 0 Å². The summed E-state index contributed by atoms with van der Waals surface area (Å²) >= 11 is 0. The summed E-state index contributed by atoms with van der Waals surface area (Å²) in [4.78, 5) is 28.1. The minimum atomic E-state index is -0.129. The molecule has 0 bridgehead atoms. The highest BCUT2D eigenvalue weighted by atomic mass is 16.1. The Kier molecular flexibility index (Phi) is 3.11. The molecule has 1 heterocycles. The fourth-order valence-corrected chi connectivity index (χ4v) is 2.71. The molecule has 1 aliphatic rings. The molecule has 96 valence electrons. The monoisotopic (exact) mass is 253 g/mol. The zero-order chi connectivity index (χ0) is 13.2. The molecule has 1 aromatic heterocycles. The first kappa shape index (κ1) is 12.0. The molecule has 0 saturated heterocycles. The van der Waals surface area contributed by atoms with E-state index in [0.29, 0.717) is 18.4 Å². The van der Waals surface area contributed by atoms with Gasteiger partial charge in [0, 0.05) is 35.9 Å². The van der Waals surface area contributed by atoms with Gasteiger partial charge in [0.15, 0.2) is 5.78 Å². The number of Topliss-reactive ketones (excluding diaryl/α,β-unsaturated/α-hetero) is 2. The summed E-state index contributed by atoms with van der Waals surface area (Å²) < 4.78 is 0. The third kappa shape index (κ3) is 2.41. The number of rotatable bonds is 2. The summed E-state index contributed by atoms with van der Waals surface area (Å²) in [5.74, 6) is 0.182. The first-order valence-corrected chi connectivity index (χ1v) is 6.65. The van der Waals surface area contributed by atoms with Gasteiger partial charge in [0.1, 0.15) is 5.78 Å². The first-order valence-electron chi connectivity index (χ1n) is 6.65. The second-order valence-electron chi connectivity index (χ2n) is 5.11. The minimum absolute atomic E-state index is 0.0961. The standard InChI is InChI=1S/C16H15NO2/c18-14-5-1-3-12(10-14)16(19)13-6-7-15-11(9-13)4-2-8-17-15/h2,4,6-9,12H,1,3,5,10H2. The molecule has 0 radical (unpaired) electrons. The van der Waals surface area contributed by atoms with Crippen molar-refractivity contribution in [2.24, 2.45) is 5.92 Å². The lowest BCUT2D eigenvalue weighted by Gasteiger charge is -2.19. The second kappa shape index (κ2) is 4.92. The highest BCUT2D eigenvalue weighted by Gasteiger charge is 2.26. The zero-order valence-corrected chi connectivity index (χ0v) is 10.6. The number of nitrogens with zero attached hydrogens (tertiary/aromatic N) is 1. The van der Waals surface area contributed by atoms with Crippen molar-refractivity contribution in [3.05, 3.63) is 42.1 Å². The summed E-state index contributed by atoms with van der Waals surface area (Å²) in [6.45, 7) is 0. The van der Waals surface area contributed by atoms with Gasteiger partial charge in [-0.25, -0.2) is 0 Å². The van der Waals surface area contributed by atoms with Crippen LogP contribution in [-0.2, 0) is 4.79 Å². The Morgan fingerprint density at radius 1 is 1.26 bits per heavy atom. The van der Waals surface area contributed by atoms with Crippen molar-refractivity contribution in [2.75, 3.05) is 0 Å². The second-order valence-corrected chi connectivity index (χ2v) is 5.11. The molecule has 3 heteroatoms. The van der Waals surface area contributed by atoms with Crippen LogP contribution in [0.25, 0.3) is 10.9 Å². The van der Waals surface area contributed by atoms with Gasteiger partial charge in [-0.15, -0.1) is 0 Å². The van der Waals surface area contributed by atoms with Crippen LogP contribution in [0.3, 0.4) is 0 Å². The van der Waals surface area contributed by atoms with Crippen molar-refractivity contribution in [2.45, 2.75) is 25.7 Å². The Hall–Kier alpha value is -2.03. The lowest BCUT2D eigenvalue weighted by atomic mass is 9.83. The van der Waals surface area contributed by atoms with E-state index in [1.807, 2.05) is 30.3 Å². The number of carbonyl (C=O) groups excluding carboxylic acids is 2. The number of pyridine rings is 1. The average Bonchev–Trinajstić information content (AvgIpc) is 2.46. The van der Waals surface area contributed by atoms with Crippen LogP contribution in [0.2, 0.25) is 0 Å². The SMILES string of the molecule is O=C1CCCC(C(=O)c2ccc3ncccc3c2)C1. The summed E-state index contributed by atoms with van der Waals surface area (Å²) in [7, 11) is 0. The highest BCUT2D eigenvalue weighted by molar-refractivity contribution is 6.02. The molecule has 19 heavy (non-hydrogen) atoms. The van der Waals surface area contributed by atoms with E-state index in [-0.39, 0.29) is 17.5 Å². The van der Waals surface area contributed by atoms with Gasteiger partial charge in [-0.05, 0) is 37.1 Å². The average molecular weight is 253 g/mol. The van der Waals surface area contributed by atoms with Crippen molar-refractivity contribution in [3.63, 3.8) is 0 Å². The molecular weight excluding hydrogens is 238 g/mol. The molecule has 1 unspecified atom stereocenters. The molecule has 1 aliphatic carbocycles. The Morgan fingerprint density at radius 3 is 3.00 bits per heavy atom. The van der Waals surface area contributed by atoms with Gasteiger partial charge in [0.25, 0.3) is 0 Å². The van der Waals surface area contributed by atoms with Gasteiger partial charge in [0.05, 0.1) is 5.52 Å². The normalized spacial score (nSPS) is 19.6. The van der Waals surface area contributed by atoms with Gasteiger partial charge >= 0.3 is 0 Å². The van der Waals surface area contributed by atoms with Crippen molar-refractivity contribution >= 4 is 22.5 Å². The lowest BCUT2D eigenvalue weighted by Crippen LogP contribution is -2.22. The van der Waals surface area contributed by atoms with E-state index in [1.165, 1.54) is 0 Å². The third-order valence-electron chi connectivity index (χ3n) is 3.74. The Balaban J connectivity index is 1.90. The summed E-state index contributed by atoms with van der Waals surface area (Å²) in [6.07, 6.45) is 4.44. The molecular formula is C16H15NO2. The molecule has 2 aromatic rings. The van der Waals surface area contributed by atoms with Crippen LogP contribution in [0.4, 0.5) is 0 Å². The Bertz CT molecular complexity index is 648. The topological polar surface area (TPSA) is 47.0 Å². The van der Waals surface area contributed by atoms with Crippen molar-refractivity contribution in [3.8, 4) is 0 Å². The van der Waals surface area contributed by atoms with Crippen LogP contribution in [0, 0.1) is 5.92 Å². The smallest absolute Gasteiger partial charge is 0.166 e. The largest absolute Gasteiger partial charge is 0.300 e. The van der Waals surface area contributed by atoms with Gasteiger partial charge in [-0.2, -0.15) is 0 Å². The van der Waals surface area contributed by atoms with Crippen LogP contribution >= 0.6 is 0 Å². The van der Waals surface area contributed by atoms with Crippen LogP contribution in [0.15, 0.2) is 36.5 Å². The molecule has 1 atom stereocenters. The van der Waals surface area contributed by atoms with Crippen molar-refractivity contribution in [1.82, 2.24) is 4.98 Å². The number of hydrogen-bond donors (Lipinski definition) is 0. The first-order chi connectivity index (χ1) is 9.24. The van der Waals surface area contributed by atoms with Gasteiger partial charge < -0.3 is 0 Å². The number of ketones is 2. The maximum absolute atomic E-state index is 12.4. The predicted molar refractivity (Wildman–Crippen MR) is 73.0 cm³/mol. The molecule has 0 amide bonds. The third-order valence-corrected chi connectivity index (χ3v) is 3.74. The zero-order valence-electron chi connectivity index (χ0n) is 10.6. The Labute approximate surface area is 111 Å². The Morgan fingerprint density at radius 2 is 2.16 bits per heavy atom. The van der Waals surface area contributed by atoms with Crippen LogP contribution in [0.5, 0.6) is 0 Å². The molecule has 3 rings (SSSR count). The van der Waals surface area contributed by atoms with E-state index in [2.05, 4.69) is 4.98 Å². The number of benzene rings is 1. The molecule has 1 aromatic carbocycles. The number of carbonyl (C=O) groups is 2. The van der Waals surface area contributed by atoms with Crippen molar-refractivity contribution in [1.29, 1.82) is 0 Å². The molecule has 1 fully saturated rings. The number of hydrogen-bond acceptors (Lipinski definition) is 3. The van der Waals surface area contributed by atoms with Gasteiger partial charge in [-0.3, -0.25) is 14.6 Å². The minimum Gasteiger partial charge on any atom is -0.300 e. The molecule has 1 saturated carbocycles. The summed E-state index contributed by atoms with van der Waals surface area (Å²) in [5.41, 5.74) is 1.58. The van der Waals surface area contributed by atoms with Gasteiger partial charge in [-0.1, -0.05) is 6.07 Å². The van der Waals surface area contributed by atoms with Gasteiger partial charge in [0.2, 0.25) is 0 Å². The fourth-order valence-electron chi connectivity index (χ4n) is 2.71. The number of fused-ring (bicyclic) bond motifs is 1. The van der Waals surface area contributed by atoms with E-state index >= 15 is 0 Å². The van der Waals surface area contributed by atoms with Crippen LogP contribution in [0.1, 0.15) is 36.0 Å². The van der Waals surface area contributed by atoms with Crippen molar-refractivity contribution < 1.29 is 9.59 Å². The van der Waals surface area contributed by atoms with Crippen LogP contribution < -0.4 is 0 Å². The fraction of sp³-hybridized carbons (Fsp3) is 0.312. The van der Waals surface area contributed by atoms with E-state index in [9.17, 15) is 9.59 Å². The van der Waals surface area contributed by atoms with E-state index in [1.54, 1.807) is 6.20 Å². The molecule has 0 spiro atoms. The maximum atomic E-state index is 12.4. The molecule has 0 aliphatic heterocycles. The highest BCUT2D eigenvalue weighted by Crippen LogP contribution is 2.26. The van der Waals surface area contributed by atoms with E-state index < -0.39 is 0 Å².